The maximum Gasteiger partial charge on any atom is 0.219 e. The monoisotopic (exact) mass is 457 g/mol. The van der Waals surface area contributed by atoms with Crippen LogP contribution in [0.4, 0.5) is 0 Å². The van der Waals surface area contributed by atoms with E-state index < -0.39 is 0 Å². The van der Waals surface area contributed by atoms with E-state index in [2.05, 4.69) is 26.3 Å². The minimum Gasteiger partial charge on any atom is -1.00 e. The fourth-order valence-corrected chi connectivity index (χ4v) is 3.42. The third-order valence-corrected chi connectivity index (χ3v) is 5.18. The van der Waals surface area contributed by atoms with Gasteiger partial charge in [-0.1, -0.05) is 96.8 Å². The number of carbonyl (C=O) groups excluding carboxylic acids is 1. The lowest BCUT2D eigenvalue weighted by molar-refractivity contribution is -0.858. The number of amides is 1. The van der Waals surface area contributed by atoms with E-state index >= 15 is 0 Å². The van der Waals surface area contributed by atoms with Gasteiger partial charge in [-0.25, -0.2) is 0 Å². The Balaban J connectivity index is -0.00000104. The quantitative estimate of drug-likeness (QED) is 0.207. The molecule has 0 aliphatic heterocycles. The van der Waals surface area contributed by atoms with Crippen LogP contribution < -0.4 is 41.2 Å². The molecule has 6 heteroatoms. The van der Waals surface area contributed by atoms with E-state index in [1.807, 2.05) is 0 Å². The first kappa shape index (κ1) is 36.3. The van der Waals surface area contributed by atoms with Gasteiger partial charge in [0.1, 0.15) is 0 Å². The number of rotatable bonds is 20. The van der Waals surface area contributed by atoms with Crippen LogP contribution in [0.2, 0.25) is 0 Å². The average Bonchev–Trinajstić information content (AvgIpc) is 2.62. The van der Waals surface area contributed by atoms with E-state index in [-0.39, 0.29) is 36.9 Å². The van der Waals surface area contributed by atoms with Gasteiger partial charge in [0, 0.05) is 19.4 Å². The Morgan fingerprint density at radius 2 is 1.03 bits per heavy atom. The van der Waals surface area contributed by atoms with Gasteiger partial charge >= 0.3 is 0 Å². The first-order valence-corrected chi connectivity index (χ1v) is 11.7. The minimum absolute atomic E-state index is 0. The number of halogens is 2. The normalized spacial score (nSPS) is 10.1. The zero-order chi connectivity index (χ0) is 19.3. The molecule has 0 saturated carbocycles. The van der Waals surface area contributed by atoms with Crippen molar-refractivity contribution in [3.63, 3.8) is 0 Å². The highest BCUT2D eigenvalue weighted by atomic mass is 35.5. The van der Waals surface area contributed by atoms with Gasteiger partial charge in [-0.3, -0.25) is 4.79 Å². The zero-order valence-corrected chi connectivity index (χ0v) is 21.6. The molecule has 0 unspecified atom stereocenters. The Morgan fingerprint density at radius 1 is 0.655 bits per heavy atom. The molecule has 0 aliphatic rings. The van der Waals surface area contributed by atoms with Crippen LogP contribution in [-0.2, 0) is 4.79 Å². The van der Waals surface area contributed by atoms with Crippen molar-refractivity contribution >= 4 is 5.91 Å². The summed E-state index contributed by atoms with van der Waals surface area (Å²) in [6.07, 6.45) is 22.4. The molecular weight excluding hydrogens is 405 g/mol. The van der Waals surface area contributed by atoms with Gasteiger partial charge in [0.05, 0.1) is 20.6 Å². The lowest BCUT2D eigenvalue weighted by atomic mass is 10.0. The van der Waals surface area contributed by atoms with Crippen molar-refractivity contribution in [2.75, 3.05) is 27.2 Å². The molecule has 0 fully saturated rings. The molecule has 4 nitrogen and oxygen atoms in total. The van der Waals surface area contributed by atoms with Crippen LogP contribution in [0.5, 0.6) is 0 Å². The van der Waals surface area contributed by atoms with Gasteiger partial charge < -0.3 is 41.2 Å². The molecule has 0 aromatic carbocycles. The summed E-state index contributed by atoms with van der Waals surface area (Å²) in [5.74, 6) is 0.244. The number of hydrogen-bond acceptors (Lipinski definition) is 1. The highest BCUT2D eigenvalue weighted by Crippen LogP contribution is 2.13. The van der Waals surface area contributed by atoms with E-state index in [9.17, 15) is 4.79 Å². The smallest absolute Gasteiger partial charge is 0.219 e. The van der Waals surface area contributed by atoms with Crippen LogP contribution in [0.3, 0.4) is 0 Å². The molecule has 0 aliphatic carbocycles. The zero-order valence-electron chi connectivity index (χ0n) is 20.1. The topological polar surface area (TPSA) is 70.0 Å². The fraction of sp³-hybridized carbons (Fsp3) is 0.957. The Hall–Kier alpha value is -0.0300. The van der Waals surface area contributed by atoms with Gasteiger partial charge in [0.2, 0.25) is 5.91 Å². The van der Waals surface area contributed by atoms with Gasteiger partial charge in [-0.2, -0.15) is 0 Å². The first-order valence-electron chi connectivity index (χ1n) is 11.7. The molecule has 6 N–H and O–H groups in total. The molecule has 0 rings (SSSR count). The van der Waals surface area contributed by atoms with E-state index in [1.54, 1.807) is 0 Å². The summed E-state index contributed by atoms with van der Waals surface area (Å²) in [4.78, 5) is 13.1. The van der Waals surface area contributed by atoms with E-state index in [0.29, 0.717) is 6.42 Å². The van der Waals surface area contributed by atoms with Gasteiger partial charge in [-0.15, -0.1) is 0 Å². The first-order chi connectivity index (χ1) is 12.7. The molecule has 0 radical (unpaired) electrons. The van der Waals surface area contributed by atoms with Crippen LogP contribution in [0, 0.1) is 0 Å². The minimum atomic E-state index is 0. The SMILES string of the molecule is CCCCCCCCCCCCCCCCCC(=O)NCCC[NH+](C)C.[Cl-].[Cl-].[NH4+]. The predicted octanol–water partition coefficient (Wildman–Crippen LogP) is -0.717. The Bertz CT molecular complexity index is 306. The molecular formula is C23H53Cl2N3O. The third-order valence-electron chi connectivity index (χ3n) is 5.18. The van der Waals surface area contributed by atoms with Crippen molar-refractivity contribution in [2.45, 2.75) is 116 Å². The Kier molecular flexibility index (Phi) is 37.8. The standard InChI is InChI=1S/C23H48N2O.2ClH.H3N/c1-4-5-6-7-8-9-10-11-12-13-14-15-16-17-18-20-23(26)24-21-19-22-25(2)3;;;/h4-22H2,1-3H3,(H,24,26);2*1H;1H3. The van der Waals surface area contributed by atoms with Gasteiger partial charge in [0.15, 0.2) is 0 Å². The highest BCUT2D eigenvalue weighted by molar-refractivity contribution is 5.75. The largest absolute Gasteiger partial charge is 1.00 e. The Morgan fingerprint density at radius 3 is 1.41 bits per heavy atom. The van der Waals surface area contributed by atoms with Crippen LogP contribution in [0.1, 0.15) is 116 Å². The maximum atomic E-state index is 11.7. The summed E-state index contributed by atoms with van der Waals surface area (Å²) >= 11 is 0. The molecule has 0 saturated heterocycles. The molecule has 0 heterocycles. The highest BCUT2D eigenvalue weighted by Gasteiger charge is 2.01. The molecule has 0 spiro atoms. The van der Waals surface area contributed by atoms with Crippen LogP contribution in [-0.4, -0.2) is 33.1 Å². The fourth-order valence-electron chi connectivity index (χ4n) is 3.42. The van der Waals surface area contributed by atoms with Crippen molar-refractivity contribution in [3.8, 4) is 0 Å². The summed E-state index contributed by atoms with van der Waals surface area (Å²) in [7, 11) is 4.30. The second kappa shape index (κ2) is 30.2. The summed E-state index contributed by atoms with van der Waals surface area (Å²) < 4.78 is 0. The summed E-state index contributed by atoms with van der Waals surface area (Å²) in [6, 6.07) is 0. The van der Waals surface area contributed by atoms with Crippen molar-refractivity contribution in [3.05, 3.63) is 0 Å². The molecule has 0 aromatic rings. The summed E-state index contributed by atoms with van der Waals surface area (Å²) in [6.45, 7) is 4.24. The van der Waals surface area contributed by atoms with E-state index in [0.717, 1.165) is 25.9 Å². The molecule has 29 heavy (non-hydrogen) atoms. The van der Waals surface area contributed by atoms with Gasteiger partial charge in [0.25, 0.3) is 0 Å². The predicted molar refractivity (Wildman–Crippen MR) is 121 cm³/mol. The molecule has 180 valence electrons. The van der Waals surface area contributed by atoms with Crippen molar-refractivity contribution in [1.29, 1.82) is 0 Å². The number of carbonyl (C=O) groups is 1. The van der Waals surface area contributed by atoms with Crippen molar-refractivity contribution in [1.82, 2.24) is 11.5 Å². The van der Waals surface area contributed by atoms with Crippen LogP contribution in [0.25, 0.3) is 0 Å². The second-order valence-corrected chi connectivity index (χ2v) is 8.36. The second-order valence-electron chi connectivity index (χ2n) is 8.36. The van der Waals surface area contributed by atoms with Crippen molar-refractivity contribution < 1.29 is 34.5 Å². The molecule has 0 bridgehead atoms. The molecule has 0 aromatic heterocycles. The lowest BCUT2D eigenvalue weighted by Gasteiger charge is -2.08. The van der Waals surface area contributed by atoms with Crippen LogP contribution >= 0.6 is 0 Å². The number of quaternary nitrogens is 2. The van der Waals surface area contributed by atoms with Crippen LogP contribution in [0.15, 0.2) is 0 Å². The van der Waals surface area contributed by atoms with Gasteiger partial charge in [-0.05, 0) is 6.42 Å². The van der Waals surface area contributed by atoms with E-state index in [1.165, 1.54) is 94.8 Å². The number of unbranched alkanes of at least 4 members (excludes halogenated alkanes) is 14. The average molecular weight is 459 g/mol. The number of hydrogen-bond donors (Lipinski definition) is 3. The number of nitrogens with one attached hydrogen (secondary N) is 2. The molecule has 0 atom stereocenters. The summed E-state index contributed by atoms with van der Waals surface area (Å²) in [5.41, 5.74) is 0. The summed E-state index contributed by atoms with van der Waals surface area (Å²) in [5, 5.41) is 3.04. The third kappa shape index (κ3) is 32.8. The maximum absolute atomic E-state index is 11.7. The van der Waals surface area contributed by atoms with Crippen molar-refractivity contribution in [2.24, 2.45) is 0 Å². The lowest BCUT2D eigenvalue weighted by Crippen LogP contribution is -3.05. The Labute approximate surface area is 195 Å². The molecule has 1 amide bonds. The van der Waals surface area contributed by atoms with E-state index in [4.69, 9.17) is 0 Å².